The van der Waals surface area contributed by atoms with Crippen LogP contribution in [0.5, 0.6) is 0 Å². The van der Waals surface area contributed by atoms with Crippen molar-refractivity contribution in [1.29, 1.82) is 0 Å². The van der Waals surface area contributed by atoms with Crippen LogP contribution in [0.15, 0.2) is 40.2 Å². The molecule has 0 aliphatic heterocycles. The molecular weight excluding hydrogens is 1060 g/mol. The summed E-state index contributed by atoms with van der Waals surface area (Å²) >= 11 is 3.27. The zero-order chi connectivity index (χ0) is 63.6. The molecule has 0 aliphatic rings. The van der Waals surface area contributed by atoms with Crippen LogP contribution in [0.2, 0.25) is 0 Å². The van der Waals surface area contributed by atoms with Crippen molar-refractivity contribution < 1.29 is 9.05 Å². The van der Waals surface area contributed by atoms with Crippen LogP contribution in [-0.2, 0) is 27.1 Å². The Kier molecular flexibility index (Phi) is 29.6. The SMILES string of the molecule is CC(C)(C)c1cnoc1C(C)(C)C.CC(C)(C)c1conc1C(C)(C)C.CC(C)c1cnsc1C(C)C.CC(C)c1cnsc1C(C)C.CC(C)c1n[nH]nc1C(C)C.CC(C)c1nnnn1C(C)C.CC(C)n1cnnc1C(C)(C)C. The van der Waals surface area contributed by atoms with E-state index in [1.807, 2.05) is 23.3 Å². The van der Waals surface area contributed by atoms with E-state index in [2.05, 4.69) is 293 Å². The number of hydrogen-bond acceptors (Lipinski definition) is 15. The van der Waals surface area contributed by atoms with Crippen LogP contribution in [0.1, 0.15) is 348 Å². The van der Waals surface area contributed by atoms with Gasteiger partial charge >= 0.3 is 0 Å². The van der Waals surface area contributed by atoms with Gasteiger partial charge in [0.05, 0.1) is 29.3 Å². The summed E-state index contributed by atoms with van der Waals surface area (Å²) in [5.41, 5.74) is 8.94. The van der Waals surface area contributed by atoms with Crippen LogP contribution < -0.4 is 0 Å². The molecule has 0 spiro atoms. The van der Waals surface area contributed by atoms with Crippen molar-refractivity contribution in [2.45, 2.75) is 309 Å². The Morgan fingerprint density at radius 3 is 1.23 bits per heavy atom. The molecule has 0 saturated carbocycles. The highest BCUT2D eigenvalue weighted by Crippen LogP contribution is 2.35. The van der Waals surface area contributed by atoms with Gasteiger partial charge in [-0.05, 0) is 119 Å². The molecule has 1 N–H and O–H groups in total. The van der Waals surface area contributed by atoms with Crippen LogP contribution in [0.3, 0.4) is 0 Å². The van der Waals surface area contributed by atoms with Gasteiger partial charge in [0.25, 0.3) is 0 Å². The first-order valence-electron chi connectivity index (χ1n) is 29.8. The van der Waals surface area contributed by atoms with Crippen LogP contribution in [0, 0.1) is 0 Å². The van der Waals surface area contributed by atoms with Crippen molar-refractivity contribution in [2.24, 2.45) is 0 Å². The second-order valence-corrected chi connectivity index (χ2v) is 30.8. The van der Waals surface area contributed by atoms with Crippen molar-refractivity contribution in [3.8, 4) is 0 Å². The normalized spacial score (nSPS) is 12.2. The van der Waals surface area contributed by atoms with Gasteiger partial charge < -0.3 is 13.6 Å². The van der Waals surface area contributed by atoms with E-state index in [1.165, 1.54) is 32.0 Å². The van der Waals surface area contributed by atoms with E-state index in [1.54, 1.807) is 35.7 Å². The summed E-state index contributed by atoms with van der Waals surface area (Å²) in [7, 11) is 0. The monoisotopic (exact) mass is 1170 g/mol. The summed E-state index contributed by atoms with van der Waals surface area (Å²) in [6.07, 6.45) is 9.40. The first-order valence-corrected chi connectivity index (χ1v) is 31.3. The average Bonchev–Trinajstić information content (AvgIpc) is 4.20. The molecule has 16 nitrogen and oxygen atoms in total. The molecule has 464 valence electrons. The van der Waals surface area contributed by atoms with Gasteiger partial charge in [0.1, 0.15) is 24.2 Å². The first kappa shape index (κ1) is 75.0. The number of rotatable bonds is 9. The Hall–Kier alpha value is -4.97. The molecule has 0 unspecified atom stereocenters. The molecule has 0 amide bonds. The molecule has 0 aromatic carbocycles. The topological polar surface area (TPSA) is 194 Å². The average molecular weight is 1180 g/mol. The maximum atomic E-state index is 5.31. The third-order valence-corrected chi connectivity index (χ3v) is 14.9. The smallest absolute Gasteiger partial charge is 0.154 e. The molecule has 7 aromatic heterocycles. The minimum Gasteiger partial charge on any atom is -0.364 e. The standard InChI is InChI=1S/2C11H19NO.C9H17N3.2C9H15NS.C8H15N3.C7H14N4/c1-10(2,3)8-7-13-12-9(8)11(4,5)6;1-10(2,3)8-7-12-13-9(8)11(4,5)6;1-7(2)12-6-10-11-8(12)9(3,4)5;2*1-6(2)8-5-10-11-9(8)7(3)4;1-5(2)7-8(6(3)4)10-11-9-7;1-5(2)7-8-9-10-11(7)6(3)4/h2*7H,1-6H3;6-7H,1-5H3;2*5-7H,1-4H3;5-6H,1-4H3,(H,9,10,11);5-6H,1-4H3. The van der Waals surface area contributed by atoms with E-state index in [0.29, 0.717) is 53.5 Å². The van der Waals surface area contributed by atoms with Crippen LogP contribution in [0.4, 0.5) is 0 Å². The maximum absolute atomic E-state index is 5.31. The Morgan fingerprint density at radius 2 is 0.951 bits per heavy atom. The Balaban J connectivity index is 0.000000479. The molecule has 82 heavy (non-hydrogen) atoms. The maximum Gasteiger partial charge on any atom is 0.154 e. The highest BCUT2D eigenvalue weighted by atomic mass is 32.1. The van der Waals surface area contributed by atoms with Gasteiger partial charge in [-0.15, -0.1) is 15.3 Å². The summed E-state index contributed by atoms with van der Waals surface area (Å²) in [6, 6.07) is 0.789. The minimum absolute atomic E-state index is 0.0408. The zero-order valence-electron chi connectivity index (χ0n) is 57.5. The molecule has 0 fully saturated rings. The van der Waals surface area contributed by atoms with Crippen LogP contribution in [-0.4, -0.2) is 69.4 Å². The summed E-state index contributed by atoms with van der Waals surface area (Å²) in [6.45, 7) is 71.2. The quantitative estimate of drug-likeness (QED) is 0.144. The number of hydrogen-bond donors (Lipinski definition) is 1. The molecule has 0 aliphatic carbocycles. The number of H-pyrrole nitrogens is 1. The van der Waals surface area contributed by atoms with Crippen molar-refractivity contribution >= 4 is 23.1 Å². The minimum atomic E-state index is 0.0408. The van der Waals surface area contributed by atoms with Gasteiger partial charge in [0, 0.05) is 61.5 Å². The van der Waals surface area contributed by atoms with E-state index in [4.69, 9.17) is 9.05 Å². The second-order valence-electron chi connectivity index (χ2n) is 29.1. The number of aromatic nitrogens is 14. The molecule has 7 rings (SSSR count). The van der Waals surface area contributed by atoms with Crippen molar-refractivity contribution in [2.75, 3.05) is 0 Å². The van der Waals surface area contributed by atoms with Gasteiger partial charge in [-0.25, -0.2) is 13.4 Å². The molecule has 0 atom stereocenters. The van der Waals surface area contributed by atoms with Crippen LogP contribution in [0.25, 0.3) is 0 Å². The molecule has 7 heterocycles. The predicted octanol–water partition coefficient (Wildman–Crippen LogP) is 18.9. The molecule has 7 aromatic rings. The number of nitrogens with one attached hydrogen (secondary N) is 1. The van der Waals surface area contributed by atoms with Gasteiger partial charge in [0.2, 0.25) is 0 Å². The number of aromatic amines is 1. The molecule has 0 bridgehead atoms. The lowest BCUT2D eigenvalue weighted by atomic mass is 9.80. The van der Waals surface area contributed by atoms with E-state index < -0.39 is 0 Å². The van der Waals surface area contributed by atoms with Crippen molar-refractivity contribution in [3.05, 3.63) is 97.7 Å². The summed E-state index contributed by atoms with van der Waals surface area (Å²) in [4.78, 5) is 2.89. The van der Waals surface area contributed by atoms with Crippen molar-refractivity contribution in [3.63, 3.8) is 0 Å². The van der Waals surface area contributed by atoms with Gasteiger partial charge in [-0.1, -0.05) is 211 Å². The van der Waals surface area contributed by atoms with Crippen molar-refractivity contribution in [1.82, 2.24) is 69.4 Å². The zero-order valence-corrected chi connectivity index (χ0v) is 59.2. The first-order chi connectivity index (χ1) is 37.4. The lowest BCUT2D eigenvalue weighted by Crippen LogP contribution is -2.20. The lowest BCUT2D eigenvalue weighted by Gasteiger charge is -2.23. The van der Waals surface area contributed by atoms with Gasteiger partial charge in [-0.2, -0.15) is 15.4 Å². The Labute approximate surface area is 505 Å². The fourth-order valence-electron chi connectivity index (χ4n) is 8.08. The fourth-order valence-corrected chi connectivity index (χ4v) is 9.85. The largest absolute Gasteiger partial charge is 0.364 e. The third kappa shape index (κ3) is 24.0. The number of nitrogens with zero attached hydrogens (tertiary/aromatic N) is 13. The second kappa shape index (κ2) is 32.3. The summed E-state index contributed by atoms with van der Waals surface area (Å²) < 4.78 is 22.7. The van der Waals surface area contributed by atoms with E-state index in [9.17, 15) is 0 Å². The Morgan fingerprint density at radius 1 is 0.488 bits per heavy atom. The molecule has 0 saturated heterocycles. The highest BCUT2D eigenvalue weighted by molar-refractivity contribution is 7.06. The third-order valence-electron chi connectivity index (χ3n) is 12.7. The van der Waals surface area contributed by atoms with E-state index >= 15 is 0 Å². The van der Waals surface area contributed by atoms with Gasteiger partial charge in [0.15, 0.2) is 5.82 Å². The molecular formula is C64H114N14O2S2. The molecule has 0 radical (unpaired) electrons. The summed E-state index contributed by atoms with van der Waals surface area (Å²) in [5.74, 6) is 6.82. The van der Waals surface area contributed by atoms with E-state index in [-0.39, 0.29) is 27.1 Å². The van der Waals surface area contributed by atoms with Gasteiger partial charge in [-0.3, -0.25) is 0 Å². The summed E-state index contributed by atoms with van der Waals surface area (Å²) in [5, 5.41) is 38.3. The highest BCUT2D eigenvalue weighted by Gasteiger charge is 2.30. The Bertz CT molecular complexity index is 2400. The van der Waals surface area contributed by atoms with Crippen LogP contribution >= 0.6 is 23.1 Å². The predicted molar refractivity (Wildman–Crippen MR) is 344 cm³/mol. The lowest BCUT2D eigenvalue weighted by molar-refractivity contribution is 0.322. The van der Waals surface area contributed by atoms with E-state index in [0.717, 1.165) is 34.5 Å². The number of tetrazole rings is 1. The fraction of sp³-hybridized carbons (Fsp3) is 0.734. The molecule has 18 heteroatoms.